The molecule has 0 saturated carbocycles. The molecule has 22 heavy (non-hydrogen) atoms. The van der Waals surface area contributed by atoms with Crippen LogP contribution in [0.5, 0.6) is 0 Å². The van der Waals surface area contributed by atoms with Gasteiger partial charge in [0.05, 0.1) is 0 Å². The first-order chi connectivity index (χ1) is 10.1. The molecule has 2 amide bonds. The molecule has 122 valence electrons. The second kappa shape index (κ2) is 8.76. The van der Waals surface area contributed by atoms with Crippen LogP contribution in [-0.2, 0) is 4.79 Å². The molecular formula is C16H24ClN3O2. The van der Waals surface area contributed by atoms with Crippen molar-refractivity contribution >= 4 is 29.9 Å². The lowest BCUT2D eigenvalue weighted by Crippen LogP contribution is -2.38. The van der Waals surface area contributed by atoms with E-state index in [0.29, 0.717) is 18.5 Å². The number of carbonyl (C=O) groups is 2. The Morgan fingerprint density at radius 1 is 1.32 bits per heavy atom. The maximum atomic E-state index is 12.0. The van der Waals surface area contributed by atoms with E-state index < -0.39 is 0 Å². The SMILES string of the molecule is CCN[C@H](C)CNC(=O)c1ccc(N2CCCC2=O)cc1.Cl. The molecule has 5 nitrogen and oxygen atoms in total. The maximum Gasteiger partial charge on any atom is 0.251 e. The predicted octanol–water partition coefficient (Wildman–Crippen LogP) is 1.96. The predicted molar refractivity (Wildman–Crippen MR) is 90.7 cm³/mol. The minimum atomic E-state index is -0.0842. The van der Waals surface area contributed by atoms with E-state index in [9.17, 15) is 9.59 Å². The Hall–Kier alpha value is -1.59. The third-order valence-electron chi connectivity index (χ3n) is 3.64. The third-order valence-corrected chi connectivity index (χ3v) is 3.64. The molecule has 0 bridgehead atoms. The quantitative estimate of drug-likeness (QED) is 0.840. The lowest BCUT2D eigenvalue weighted by atomic mass is 10.2. The van der Waals surface area contributed by atoms with E-state index in [2.05, 4.69) is 10.6 Å². The van der Waals surface area contributed by atoms with Crippen LogP contribution < -0.4 is 15.5 Å². The summed E-state index contributed by atoms with van der Waals surface area (Å²) in [7, 11) is 0. The van der Waals surface area contributed by atoms with Gasteiger partial charge in [0.25, 0.3) is 5.91 Å². The zero-order valence-corrected chi connectivity index (χ0v) is 13.9. The zero-order valence-electron chi connectivity index (χ0n) is 13.1. The first-order valence-corrected chi connectivity index (χ1v) is 7.54. The van der Waals surface area contributed by atoms with Crippen molar-refractivity contribution in [1.82, 2.24) is 10.6 Å². The lowest BCUT2D eigenvalue weighted by Gasteiger charge is -2.16. The molecule has 1 atom stereocenters. The fourth-order valence-electron chi connectivity index (χ4n) is 2.48. The van der Waals surface area contributed by atoms with Crippen molar-refractivity contribution in [2.45, 2.75) is 32.7 Å². The summed E-state index contributed by atoms with van der Waals surface area (Å²) in [5, 5.41) is 6.14. The van der Waals surface area contributed by atoms with Gasteiger partial charge in [-0.2, -0.15) is 0 Å². The number of likely N-dealkylation sites (N-methyl/N-ethyl adjacent to an activating group) is 1. The Morgan fingerprint density at radius 3 is 2.55 bits per heavy atom. The molecule has 6 heteroatoms. The van der Waals surface area contributed by atoms with Crippen molar-refractivity contribution in [3.63, 3.8) is 0 Å². The standard InChI is InChI=1S/C16H23N3O2.ClH/c1-3-17-12(2)11-18-16(21)13-6-8-14(9-7-13)19-10-4-5-15(19)20;/h6-9,12,17H,3-5,10-11H2,1-2H3,(H,18,21);1H/t12-;/m1./s1. The molecule has 1 aliphatic rings. The number of hydrogen-bond donors (Lipinski definition) is 2. The van der Waals surface area contributed by atoms with E-state index in [-0.39, 0.29) is 30.3 Å². The van der Waals surface area contributed by atoms with Gasteiger partial charge in [-0.15, -0.1) is 12.4 Å². The first kappa shape index (κ1) is 18.5. The van der Waals surface area contributed by atoms with Gasteiger partial charge >= 0.3 is 0 Å². The fraction of sp³-hybridized carbons (Fsp3) is 0.500. The van der Waals surface area contributed by atoms with Crippen molar-refractivity contribution in [2.75, 3.05) is 24.5 Å². The molecule has 1 heterocycles. The summed E-state index contributed by atoms with van der Waals surface area (Å²) in [5.74, 6) is 0.0747. The fourth-order valence-corrected chi connectivity index (χ4v) is 2.48. The molecular weight excluding hydrogens is 302 g/mol. The van der Waals surface area contributed by atoms with Gasteiger partial charge < -0.3 is 15.5 Å². The van der Waals surface area contributed by atoms with E-state index in [1.807, 2.05) is 26.0 Å². The Bertz CT molecular complexity index is 505. The lowest BCUT2D eigenvalue weighted by molar-refractivity contribution is -0.117. The van der Waals surface area contributed by atoms with Crippen molar-refractivity contribution in [3.05, 3.63) is 29.8 Å². The number of nitrogens with one attached hydrogen (secondary N) is 2. The number of halogens is 1. The number of amides is 2. The monoisotopic (exact) mass is 325 g/mol. The second-order valence-electron chi connectivity index (χ2n) is 5.36. The van der Waals surface area contributed by atoms with Crippen molar-refractivity contribution in [2.24, 2.45) is 0 Å². The number of rotatable bonds is 6. The van der Waals surface area contributed by atoms with E-state index in [0.717, 1.165) is 25.2 Å². The molecule has 0 aliphatic carbocycles. The molecule has 0 unspecified atom stereocenters. The topological polar surface area (TPSA) is 61.4 Å². The van der Waals surface area contributed by atoms with Crippen LogP contribution in [0.25, 0.3) is 0 Å². The molecule has 0 radical (unpaired) electrons. The summed E-state index contributed by atoms with van der Waals surface area (Å²) < 4.78 is 0. The number of benzene rings is 1. The summed E-state index contributed by atoms with van der Waals surface area (Å²) in [6, 6.07) is 7.47. The molecule has 1 aliphatic heterocycles. The van der Waals surface area contributed by atoms with Crippen LogP contribution >= 0.6 is 12.4 Å². The maximum absolute atomic E-state index is 12.0. The number of carbonyl (C=O) groups excluding carboxylic acids is 2. The van der Waals surface area contributed by atoms with Crippen LogP contribution in [0.15, 0.2) is 24.3 Å². The van der Waals surface area contributed by atoms with Gasteiger partial charge in [0.15, 0.2) is 0 Å². The normalized spacial score (nSPS) is 15.4. The van der Waals surface area contributed by atoms with Gasteiger partial charge in [0, 0.05) is 36.8 Å². The summed E-state index contributed by atoms with van der Waals surface area (Å²) in [6.07, 6.45) is 1.52. The number of hydrogen-bond acceptors (Lipinski definition) is 3. The van der Waals surface area contributed by atoms with E-state index in [4.69, 9.17) is 0 Å². The smallest absolute Gasteiger partial charge is 0.251 e. The molecule has 1 saturated heterocycles. The average Bonchev–Trinajstić information content (AvgIpc) is 2.91. The third kappa shape index (κ3) is 4.71. The van der Waals surface area contributed by atoms with E-state index >= 15 is 0 Å². The first-order valence-electron chi connectivity index (χ1n) is 7.54. The highest BCUT2D eigenvalue weighted by Crippen LogP contribution is 2.21. The van der Waals surface area contributed by atoms with Crippen molar-refractivity contribution < 1.29 is 9.59 Å². The highest BCUT2D eigenvalue weighted by atomic mass is 35.5. The minimum Gasteiger partial charge on any atom is -0.350 e. The van der Waals surface area contributed by atoms with Gasteiger partial charge in [-0.1, -0.05) is 6.92 Å². The zero-order chi connectivity index (χ0) is 15.2. The van der Waals surface area contributed by atoms with E-state index in [1.54, 1.807) is 17.0 Å². The van der Waals surface area contributed by atoms with Gasteiger partial charge in [0.2, 0.25) is 5.91 Å². The molecule has 1 aromatic carbocycles. The van der Waals surface area contributed by atoms with Crippen LogP contribution in [0, 0.1) is 0 Å². The molecule has 2 rings (SSSR count). The van der Waals surface area contributed by atoms with Gasteiger partial charge in [-0.3, -0.25) is 9.59 Å². The summed E-state index contributed by atoms with van der Waals surface area (Å²) in [4.78, 5) is 25.5. The number of anilines is 1. The number of nitrogens with zero attached hydrogens (tertiary/aromatic N) is 1. The molecule has 2 N–H and O–H groups in total. The Labute approximate surface area is 137 Å². The molecule has 0 spiro atoms. The molecule has 1 fully saturated rings. The highest BCUT2D eigenvalue weighted by molar-refractivity contribution is 5.97. The van der Waals surface area contributed by atoms with Crippen molar-refractivity contribution in [3.8, 4) is 0 Å². The molecule has 1 aromatic rings. The van der Waals surface area contributed by atoms with E-state index in [1.165, 1.54) is 0 Å². The Morgan fingerprint density at radius 2 is 2.00 bits per heavy atom. The summed E-state index contributed by atoms with van der Waals surface area (Å²) in [6.45, 7) is 6.32. The largest absolute Gasteiger partial charge is 0.350 e. The van der Waals surface area contributed by atoms with Gasteiger partial charge in [-0.05, 0) is 44.2 Å². The van der Waals surface area contributed by atoms with Crippen LogP contribution in [-0.4, -0.2) is 37.5 Å². The minimum absolute atomic E-state index is 0. The molecule has 0 aromatic heterocycles. The van der Waals surface area contributed by atoms with Crippen LogP contribution in [0.4, 0.5) is 5.69 Å². The van der Waals surface area contributed by atoms with Crippen LogP contribution in [0.2, 0.25) is 0 Å². The highest BCUT2D eigenvalue weighted by Gasteiger charge is 2.21. The second-order valence-corrected chi connectivity index (χ2v) is 5.36. The van der Waals surface area contributed by atoms with Crippen LogP contribution in [0.1, 0.15) is 37.0 Å². The Kier molecular flexibility index (Phi) is 7.35. The average molecular weight is 326 g/mol. The van der Waals surface area contributed by atoms with Crippen LogP contribution in [0.3, 0.4) is 0 Å². The van der Waals surface area contributed by atoms with Crippen molar-refractivity contribution in [1.29, 1.82) is 0 Å². The van der Waals surface area contributed by atoms with Gasteiger partial charge in [0.1, 0.15) is 0 Å². The summed E-state index contributed by atoms with van der Waals surface area (Å²) >= 11 is 0. The summed E-state index contributed by atoms with van der Waals surface area (Å²) in [5.41, 5.74) is 1.49. The van der Waals surface area contributed by atoms with Gasteiger partial charge in [-0.25, -0.2) is 0 Å². The Balaban J connectivity index is 0.00000242.